The molecule has 1 atom stereocenters. The van der Waals surface area contributed by atoms with Crippen molar-refractivity contribution in [3.63, 3.8) is 0 Å². The van der Waals surface area contributed by atoms with E-state index in [1.54, 1.807) is 6.07 Å². The van der Waals surface area contributed by atoms with E-state index in [1.165, 1.54) is 12.1 Å². The van der Waals surface area contributed by atoms with Crippen LogP contribution in [0.15, 0.2) is 18.2 Å². The van der Waals surface area contributed by atoms with Gasteiger partial charge < -0.3 is 10.2 Å². The van der Waals surface area contributed by atoms with Gasteiger partial charge in [-0.2, -0.15) is 0 Å². The fourth-order valence-electron chi connectivity index (χ4n) is 2.93. The molecule has 1 fully saturated rings. The summed E-state index contributed by atoms with van der Waals surface area (Å²) in [6.45, 7) is 1.90. The lowest BCUT2D eigenvalue weighted by Gasteiger charge is -2.32. The molecule has 1 aromatic rings. The normalized spacial score (nSPS) is 20.8. The van der Waals surface area contributed by atoms with Gasteiger partial charge in [-0.05, 0) is 43.0 Å². The number of rotatable bonds is 3. The van der Waals surface area contributed by atoms with E-state index >= 15 is 0 Å². The molecule has 106 valence electrons. The van der Waals surface area contributed by atoms with Crippen LogP contribution in [0.4, 0.5) is 4.39 Å². The van der Waals surface area contributed by atoms with Gasteiger partial charge in [0.05, 0.1) is 11.7 Å². The third kappa shape index (κ3) is 3.54. The third-order valence-electron chi connectivity index (χ3n) is 4.31. The SMILES string of the molecule is Cc1ccc(F)cc1CC(O)C1(O)CCCCCC1. The van der Waals surface area contributed by atoms with Crippen LogP contribution >= 0.6 is 0 Å². The summed E-state index contributed by atoms with van der Waals surface area (Å²) in [6, 6.07) is 4.60. The Morgan fingerprint density at radius 2 is 1.84 bits per heavy atom. The van der Waals surface area contributed by atoms with Crippen LogP contribution in [0.25, 0.3) is 0 Å². The van der Waals surface area contributed by atoms with Gasteiger partial charge in [0.15, 0.2) is 0 Å². The fourth-order valence-corrected chi connectivity index (χ4v) is 2.93. The van der Waals surface area contributed by atoms with Crippen molar-refractivity contribution in [3.8, 4) is 0 Å². The molecule has 19 heavy (non-hydrogen) atoms. The van der Waals surface area contributed by atoms with E-state index in [-0.39, 0.29) is 5.82 Å². The molecule has 1 unspecified atom stereocenters. The molecule has 0 radical (unpaired) electrons. The fraction of sp³-hybridized carbons (Fsp3) is 0.625. The quantitative estimate of drug-likeness (QED) is 0.825. The van der Waals surface area contributed by atoms with E-state index in [2.05, 4.69) is 0 Å². The van der Waals surface area contributed by atoms with Crippen LogP contribution in [-0.2, 0) is 6.42 Å². The molecule has 0 aliphatic heterocycles. The lowest BCUT2D eigenvalue weighted by molar-refractivity contribution is -0.0837. The number of aliphatic hydroxyl groups excluding tert-OH is 1. The van der Waals surface area contributed by atoms with Crippen molar-refractivity contribution in [1.29, 1.82) is 0 Å². The second-order valence-corrected chi connectivity index (χ2v) is 5.81. The van der Waals surface area contributed by atoms with E-state index in [1.807, 2.05) is 6.92 Å². The summed E-state index contributed by atoms with van der Waals surface area (Å²) in [4.78, 5) is 0. The molecule has 1 aliphatic carbocycles. The summed E-state index contributed by atoms with van der Waals surface area (Å²) < 4.78 is 13.3. The molecule has 0 spiro atoms. The van der Waals surface area contributed by atoms with Gasteiger partial charge in [-0.25, -0.2) is 4.39 Å². The van der Waals surface area contributed by atoms with Crippen LogP contribution in [0.5, 0.6) is 0 Å². The number of aryl methyl sites for hydroxylation is 1. The summed E-state index contributed by atoms with van der Waals surface area (Å²) in [5, 5.41) is 21.0. The average molecular weight is 266 g/mol. The number of hydrogen-bond donors (Lipinski definition) is 2. The van der Waals surface area contributed by atoms with Crippen LogP contribution in [-0.4, -0.2) is 21.9 Å². The van der Waals surface area contributed by atoms with Crippen molar-refractivity contribution < 1.29 is 14.6 Å². The van der Waals surface area contributed by atoms with Crippen LogP contribution < -0.4 is 0 Å². The Labute approximate surface area is 114 Å². The maximum atomic E-state index is 13.3. The molecule has 1 aliphatic rings. The molecule has 0 saturated heterocycles. The van der Waals surface area contributed by atoms with Gasteiger partial charge in [-0.15, -0.1) is 0 Å². The van der Waals surface area contributed by atoms with Gasteiger partial charge in [0.1, 0.15) is 5.82 Å². The van der Waals surface area contributed by atoms with Gasteiger partial charge in [0.25, 0.3) is 0 Å². The second kappa shape index (κ2) is 6.02. The van der Waals surface area contributed by atoms with Gasteiger partial charge in [-0.3, -0.25) is 0 Å². The lowest BCUT2D eigenvalue weighted by Crippen LogP contribution is -2.43. The highest BCUT2D eigenvalue weighted by molar-refractivity contribution is 5.27. The summed E-state index contributed by atoms with van der Waals surface area (Å²) >= 11 is 0. The van der Waals surface area contributed by atoms with Gasteiger partial charge in [-0.1, -0.05) is 31.7 Å². The monoisotopic (exact) mass is 266 g/mol. The molecular weight excluding hydrogens is 243 g/mol. The van der Waals surface area contributed by atoms with Crippen molar-refractivity contribution >= 4 is 0 Å². The first-order valence-electron chi connectivity index (χ1n) is 7.17. The van der Waals surface area contributed by atoms with E-state index < -0.39 is 11.7 Å². The average Bonchev–Trinajstić information content (AvgIpc) is 2.60. The number of aliphatic hydroxyl groups is 2. The van der Waals surface area contributed by atoms with Crippen molar-refractivity contribution in [2.75, 3.05) is 0 Å². The maximum absolute atomic E-state index is 13.3. The standard InChI is InChI=1S/C16H23FO2/c1-12-6-7-14(17)10-13(12)11-15(18)16(19)8-4-2-3-5-9-16/h6-7,10,15,18-19H,2-5,8-9,11H2,1H3. The van der Waals surface area contributed by atoms with Crippen molar-refractivity contribution in [3.05, 3.63) is 35.1 Å². The Bertz CT molecular complexity index is 423. The first-order valence-corrected chi connectivity index (χ1v) is 7.17. The summed E-state index contributed by atoms with van der Waals surface area (Å²) in [7, 11) is 0. The molecular formula is C16H23FO2. The number of benzene rings is 1. The first kappa shape index (κ1) is 14.5. The summed E-state index contributed by atoms with van der Waals surface area (Å²) in [6.07, 6.45) is 4.93. The minimum Gasteiger partial charge on any atom is -0.390 e. The topological polar surface area (TPSA) is 40.5 Å². The van der Waals surface area contributed by atoms with Crippen molar-refractivity contribution in [1.82, 2.24) is 0 Å². The number of halogens is 1. The Kier molecular flexibility index (Phi) is 4.58. The predicted octanol–water partition coefficient (Wildman–Crippen LogP) is 3.12. The van der Waals surface area contributed by atoms with E-state index in [0.717, 1.165) is 36.8 Å². The number of hydrogen-bond acceptors (Lipinski definition) is 2. The van der Waals surface area contributed by atoms with Gasteiger partial charge in [0, 0.05) is 6.42 Å². The largest absolute Gasteiger partial charge is 0.390 e. The highest BCUT2D eigenvalue weighted by atomic mass is 19.1. The maximum Gasteiger partial charge on any atom is 0.123 e. The second-order valence-electron chi connectivity index (χ2n) is 5.81. The molecule has 1 aromatic carbocycles. The van der Waals surface area contributed by atoms with E-state index in [4.69, 9.17) is 0 Å². The smallest absolute Gasteiger partial charge is 0.123 e. The molecule has 2 nitrogen and oxygen atoms in total. The van der Waals surface area contributed by atoms with Crippen molar-refractivity contribution in [2.24, 2.45) is 0 Å². The molecule has 0 heterocycles. The predicted molar refractivity (Wildman–Crippen MR) is 73.5 cm³/mol. The Morgan fingerprint density at radius 3 is 2.47 bits per heavy atom. The van der Waals surface area contributed by atoms with E-state index in [9.17, 15) is 14.6 Å². The molecule has 2 rings (SSSR count). The Balaban J connectivity index is 2.10. The molecule has 3 heteroatoms. The minimum atomic E-state index is -1.00. The zero-order chi connectivity index (χ0) is 13.9. The molecule has 0 amide bonds. The molecule has 0 aromatic heterocycles. The van der Waals surface area contributed by atoms with E-state index in [0.29, 0.717) is 19.3 Å². The van der Waals surface area contributed by atoms with Crippen LogP contribution in [0, 0.1) is 12.7 Å². The third-order valence-corrected chi connectivity index (χ3v) is 4.31. The summed E-state index contributed by atoms with van der Waals surface area (Å²) in [5.41, 5.74) is 0.734. The van der Waals surface area contributed by atoms with Gasteiger partial charge in [0.2, 0.25) is 0 Å². The van der Waals surface area contributed by atoms with Crippen LogP contribution in [0.2, 0.25) is 0 Å². The minimum absolute atomic E-state index is 0.291. The highest BCUT2D eigenvalue weighted by Gasteiger charge is 2.35. The lowest BCUT2D eigenvalue weighted by atomic mass is 9.84. The first-order chi connectivity index (χ1) is 9.01. The van der Waals surface area contributed by atoms with Crippen LogP contribution in [0.1, 0.15) is 49.7 Å². The molecule has 0 bridgehead atoms. The van der Waals surface area contributed by atoms with Crippen molar-refractivity contribution in [2.45, 2.75) is 63.6 Å². The Hall–Kier alpha value is -0.930. The van der Waals surface area contributed by atoms with Gasteiger partial charge >= 0.3 is 0 Å². The zero-order valence-corrected chi connectivity index (χ0v) is 11.5. The summed E-state index contributed by atoms with van der Waals surface area (Å²) in [5.74, 6) is -0.291. The van der Waals surface area contributed by atoms with Crippen LogP contribution in [0.3, 0.4) is 0 Å². The molecule has 2 N–H and O–H groups in total. The highest BCUT2D eigenvalue weighted by Crippen LogP contribution is 2.31. The molecule has 1 saturated carbocycles. The zero-order valence-electron chi connectivity index (χ0n) is 11.5. The Morgan fingerprint density at radius 1 is 1.21 bits per heavy atom.